The fourth-order valence-electron chi connectivity index (χ4n) is 3.58. The Morgan fingerprint density at radius 2 is 1.94 bits per heavy atom. The zero-order chi connectivity index (χ0) is 22.8. The molecule has 32 heavy (non-hydrogen) atoms. The zero-order valence-electron chi connectivity index (χ0n) is 18.5. The van der Waals surface area contributed by atoms with E-state index in [1.807, 2.05) is 19.1 Å². The number of aliphatic imine (C=N–C) groups is 1. The Morgan fingerprint density at radius 1 is 1.16 bits per heavy atom. The standard InChI is InChI=1S/C24H31FN4O3/c1-2-32-15-5-10-26-24(27-22-9-4-7-20(17-22)23(30)31)29-13-11-28(12-14-29)18-19-6-3-8-21(25)16-19/h3-4,6-9,16-17H,2,5,10-15,18H2,1H3,(H,26,27)(H,30,31). The summed E-state index contributed by atoms with van der Waals surface area (Å²) in [6.07, 6.45) is 0.813. The van der Waals surface area contributed by atoms with Crippen LogP contribution in [0.15, 0.2) is 53.5 Å². The van der Waals surface area contributed by atoms with Crippen LogP contribution in [0.3, 0.4) is 0 Å². The van der Waals surface area contributed by atoms with Gasteiger partial charge in [0.25, 0.3) is 0 Å². The van der Waals surface area contributed by atoms with Gasteiger partial charge in [-0.05, 0) is 49.2 Å². The van der Waals surface area contributed by atoms with E-state index in [-0.39, 0.29) is 11.4 Å². The summed E-state index contributed by atoms with van der Waals surface area (Å²) >= 11 is 0. The predicted octanol–water partition coefficient (Wildman–Crippen LogP) is 3.54. The topological polar surface area (TPSA) is 77.4 Å². The molecule has 2 aromatic rings. The number of carbonyl (C=O) groups is 1. The summed E-state index contributed by atoms with van der Waals surface area (Å²) < 4.78 is 18.9. The summed E-state index contributed by atoms with van der Waals surface area (Å²) in [5.74, 6) is -0.445. The van der Waals surface area contributed by atoms with E-state index in [1.165, 1.54) is 6.07 Å². The first kappa shape index (κ1) is 23.7. The maximum absolute atomic E-state index is 13.5. The van der Waals surface area contributed by atoms with Crippen LogP contribution in [0.2, 0.25) is 0 Å². The van der Waals surface area contributed by atoms with E-state index in [1.54, 1.807) is 30.3 Å². The summed E-state index contributed by atoms with van der Waals surface area (Å²) in [5, 5.41) is 12.6. The van der Waals surface area contributed by atoms with Gasteiger partial charge in [0.15, 0.2) is 5.96 Å². The molecule has 0 unspecified atom stereocenters. The quantitative estimate of drug-likeness (QED) is 0.351. The maximum Gasteiger partial charge on any atom is 0.335 e. The molecule has 172 valence electrons. The Balaban J connectivity index is 1.63. The van der Waals surface area contributed by atoms with Gasteiger partial charge in [-0.25, -0.2) is 9.18 Å². The fraction of sp³-hybridized carbons (Fsp3) is 0.417. The van der Waals surface area contributed by atoms with Crippen molar-refractivity contribution >= 4 is 17.6 Å². The Hall–Kier alpha value is -2.97. The third kappa shape index (κ3) is 7.32. The van der Waals surface area contributed by atoms with Gasteiger partial charge in [-0.3, -0.25) is 9.89 Å². The number of anilines is 1. The molecule has 0 radical (unpaired) electrons. The molecular weight excluding hydrogens is 411 g/mol. The number of benzene rings is 2. The van der Waals surface area contributed by atoms with E-state index < -0.39 is 5.97 Å². The van der Waals surface area contributed by atoms with Gasteiger partial charge in [-0.1, -0.05) is 18.2 Å². The van der Waals surface area contributed by atoms with Crippen molar-refractivity contribution in [2.45, 2.75) is 19.9 Å². The number of ether oxygens (including phenoxy) is 1. The number of piperazine rings is 1. The average molecular weight is 443 g/mol. The van der Waals surface area contributed by atoms with Gasteiger partial charge in [0.2, 0.25) is 0 Å². The molecular formula is C24H31FN4O3. The molecule has 0 aliphatic carbocycles. The smallest absolute Gasteiger partial charge is 0.335 e. The molecule has 1 saturated heterocycles. The van der Waals surface area contributed by atoms with Crippen molar-refractivity contribution in [2.24, 2.45) is 4.99 Å². The van der Waals surface area contributed by atoms with Crippen LogP contribution in [0.5, 0.6) is 0 Å². The minimum atomic E-state index is -0.963. The molecule has 0 spiro atoms. The van der Waals surface area contributed by atoms with Gasteiger partial charge in [0.05, 0.1) is 5.56 Å². The maximum atomic E-state index is 13.5. The van der Waals surface area contributed by atoms with E-state index in [9.17, 15) is 14.3 Å². The van der Waals surface area contributed by atoms with Crippen LogP contribution in [-0.2, 0) is 11.3 Å². The highest BCUT2D eigenvalue weighted by molar-refractivity contribution is 5.95. The summed E-state index contributed by atoms with van der Waals surface area (Å²) in [6.45, 7) is 7.82. The van der Waals surface area contributed by atoms with Crippen LogP contribution in [0.25, 0.3) is 0 Å². The number of nitrogens with one attached hydrogen (secondary N) is 1. The van der Waals surface area contributed by atoms with Gasteiger partial charge >= 0.3 is 5.97 Å². The molecule has 7 nitrogen and oxygen atoms in total. The van der Waals surface area contributed by atoms with Crippen LogP contribution in [0.1, 0.15) is 29.3 Å². The lowest BCUT2D eigenvalue weighted by Crippen LogP contribution is -2.50. The number of guanidine groups is 1. The molecule has 0 aromatic heterocycles. The SMILES string of the molecule is CCOCCCN=C(Nc1cccc(C(=O)O)c1)N1CCN(Cc2cccc(F)c2)CC1. The molecule has 8 heteroatoms. The van der Waals surface area contributed by atoms with E-state index >= 15 is 0 Å². The molecule has 3 rings (SSSR count). The van der Waals surface area contributed by atoms with Crippen LogP contribution in [-0.4, -0.2) is 72.8 Å². The van der Waals surface area contributed by atoms with E-state index in [0.717, 1.165) is 44.1 Å². The molecule has 0 atom stereocenters. The lowest BCUT2D eigenvalue weighted by molar-refractivity contribution is 0.0697. The number of hydrogen-bond donors (Lipinski definition) is 2. The first-order valence-electron chi connectivity index (χ1n) is 11.0. The number of carboxylic acid groups (broad SMARTS) is 1. The van der Waals surface area contributed by atoms with E-state index in [4.69, 9.17) is 9.73 Å². The van der Waals surface area contributed by atoms with Gasteiger partial charge < -0.3 is 20.1 Å². The number of aromatic carboxylic acids is 1. The first-order valence-corrected chi connectivity index (χ1v) is 11.0. The van der Waals surface area contributed by atoms with Crippen LogP contribution < -0.4 is 5.32 Å². The van der Waals surface area contributed by atoms with Gasteiger partial charge in [0.1, 0.15) is 5.82 Å². The molecule has 0 bridgehead atoms. The number of hydrogen-bond acceptors (Lipinski definition) is 4. The normalized spacial score (nSPS) is 15.1. The second-order valence-corrected chi connectivity index (χ2v) is 7.66. The fourth-order valence-corrected chi connectivity index (χ4v) is 3.58. The molecule has 1 heterocycles. The highest BCUT2D eigenvalue weighted by Crippen LogP contribution is 2.14. The van der Waals surface area contributed by atoms with Gasteiger partial charge in [-0.2, -0.15) is 0 Å². The number of carboxylic acids is 1. The summed E-state index contributed by atoms with van der Waals surface area (Å²) in [5.41, 5.74) is 1.88. The third-order valence-corrected chi connectivity index (χ3v) is 5.25. The number of nitrogens with zero attached hydrogens (tertiary/aromatic N) is 3. The molecule has 2 N–H and O–H groups in total. The van der Waals surface area contributed by atoms with Gasteiger partial charge in [0, 0.05) is 58.2 Å². The largest absolute Gasteiger partial charge is 0.478 e. The zero-order valence-corrected chi connectivity index (χ0v) is 18.5. The lowest BCUT2D eigenvalue weighted by Gasteiger charge is -2.36. The first-order chi connectivity index (χ1) is 15.5. The van der Waals surface area contributed by atoms with Crippen molar-refractivity contribution in [3.63, 3.8) is 0 Å². The Morgan fingerprint density at radius 3 is 2.66 bits per heavy atom. The molecule has 1 fully saturated rings. The number of rotatable bonds is 9. The Kier molecular flexibility index (Phi) is 9.01. The van der Waals surface area contributed by atoms with Crippen LogP contribution in [0, 0.1) is 5.82 Å². The molecule has 2 aromatic carbocycles. The summed E-state index contributed by atoms with van der Waals surface area (Å²) in [6, 6.07) is 13.4. The monoisotopic (exact) mass is 442 g/mol. The number of halogens is 1. The van der Waals surface area contributed by atoms with Crippen molar-refractivity contribution in [2.75, 3.05) is 51.3 Å². The third-order valence-electron chi connectivity index (χ3n) is 5.25. The minimum absolute atomic E-state index is 0.213. The average Bonchev–Trinajstić information content (AvgIpc) is 2.79. The van der Waals surface area contributed by atoms with Crippen molar-refractivity contribution < 1.29 is 19.0 Å². The summed E-state index contributed by atoms with van der Waals surface area (Å²) in [4.78, 5) is 20.5. The lowest BCUT2D eigenvalue weighted by atomic mass is 10.2. The minimum Gasteiger partial charge on any atom is -0.478 e. The second-order valence-electron chi connectivity index (χ2n) is 7.66. The van der Waals surface area contributed by atoms with Crippen molar-refractivity contribution in [1.29, 1.82) is 0 Å². The van der Waals surface area contributed by atoms with Crippen LogP contribution >= 0.6 is 0 Å². The predicted molar refractivity (Wildman–Crippen MR) is 124 cm³/mol. The highest BCUT2D eigenvalue weighted by atomic mass is 19.1. The van der Waals surface area contributed by atoms with Gasteiger partial charge in [-0.15, -0.1) is 0 Å². The molecule has 0 amide bonds. The molecule has 0 saturated carbocycles. The van der Waals surface area contributed by atoms with E-state index in [2.05, 4.69) is 15.1 Å². The van der Waals surface area contributed by atoms with Crippen molar-refractivity contribution in [1.82, 2.24) is 9.80 Å². The van der Waals surface area contributed by atoms with Crippen molar-refractivity contribution in [3.8, 4) is 0 Å². The summed E-state index contributed by atoms with van der Waals surface area (Å²) in [7, 11) is 0. The highest BCUT2D eigenvalue weighted by Gasteiger charge is 2.20. The second kappa shape index (κ2) is 12.2. The van der Waals surface area contributed by atoms with Crippen LogP contribution in [0.4, 0.5) is 10.1 Å². The Bertz CT molecular complexity index is 914. The molecule has 1 aliphatic rings. The Labute approximate surface area is 188 Å². The molecule has 1 aliphatic heterocycles. The van der Waals surface area contributed by atoms with E-state index in [0.29, 0.717) is 32.0 Å². The van der Waals surface area contributed by atoms with Crippen molar-refractivity contribution in [3.05, 3.63) is 65.5 Å².